The minimum atomic E-state index is -0.355. The summed E-state index contributed by atoms with van der Waals surface area (Å²) in [6.07, 6.45) is 1.60. The largest absolute Gasteiger partial charge is 0.456 e. The number of nitrogens with zero attached hydrogens (tertiary/aromatic N) is 1. The van der Waals surface area contributed by atoms with E-state index in [4.69, 9.17) is 4.42 Å². The molecule has 0 spiro atoms. The standard InChI is InChI=1S/C14H14N2O2/c1-10-4-3-5-12(8-10)9-15-16-14(17)13-7-6-11(2)18-13/h3-9H,1-2H3,(H,16,17). The molecule has 4 nitrogen and oxygen atoms in total. The number of hydrogen-bond acceptors (Lipinski definition) is 3. The number of furan rings is 1. The zero-order valence-corrected chi connectivity index (χ0v) is 10.3. The summed E-state index contributed by atoms with van der Waals surface area (Å²) >= 11 is 0. The number of hydrazone groups is 1. The van der Waals surface area contributed by atoms with Crippen LogP contribution in [0.15, 0.2) is 45.9 Å². The Balaban J connectivity index is 1.97. The summed E-state index contributed by atoms with van der Waals surface area (Å²) in [5.74, 6) is 0.601. The molecule has 0 saturated carbocycles. The summed E-state index contributed by atoms with van der Waals surface area (Å²) in [7, 11) is 0. The zero-order valence-electron chi connectivity index (χ0n) is 10.3. The maximum absolute atomic E-state index is 11.6. The first-order chi connectivity index (χ1) is 8.65. The van der Waals surface area contributed by atoms with Gasteiger partial charge in [-0.3, -0.25) is 4.79 Å². The third-order valence-corrected chi connectivity index (χ3v) is 2.39. The lowest BCUT2D eigenvalue weighted by molar-refractivity contribution is 0.0926. The Bertz CT molecular complexity index is 585. The summed E-state index contributed by atoms with van der Waals surface area (Å²) in [6, 6.07) is 11.2. The van der Waals surface area contributed by atoms with Crippen molar-refractivity contribution in [3.63, 3.8) is 0 Å². The third kappa shape index (κ3) is 3.07. The molecule has 0 fully saturated rings. The van der Waals surface area contributed by atoms with Crippen LogP contribution in [0.25, 0.3) is 0 Å². The molecule has 0 aliphatic carbocycles. The highest BCUT2D eigenvalue weighted by Gasteiger charge is 2.07. The van der Waals surface area contributed by atoms with Crippen molar-refractivity contribution in [3.05, 3.63) is 59.0 Å². The van der Waals surface area contributed by atoms with Crippen molar-refractivity contribution in [2.24, 2.45) is 5.10 Å². The average Bonchev–Trinajstić information content (AvgIpc) is 2.76. The van der Waals surface area contributed by atoms with E-state index in [0.717, 1.165) is 11.1 Å². The minimum Gasteiger partial charge on any atom is -0.456 e. The second kappa shape index (κ2) is 5.31. The highest BCUT2D eigenvalue weighted by atomic mass is 16.3. The molecule has 1 aromatic carbocycles. The number of carbonyl (C=O) groups excluding carboxylic acids is 1. The molecule has 0 radical (unpaired) electrons. The Hall–Kier alpha value is -2.36. The van der Waals surface area contributed by atoms with E-state index in [1.165, 1.54) is 0 Å². The van der Waals surface area contributed by atoms with Crippen LogP contribution in [0, 0.1) is 13.8 Å². The van der Waals surface area contributed by atoms with Crippen molar-refractivity contribution in [1.29, 1.82) is 0 Å². The summed E-state index contributed by atoms with van der Waals surface area (Å²) in [6.45, 7) is 3.79. The molecule has 0 aliphatic rings. The topological polar surface area (TPSA) is 54.6 Å². The fourth-order valence-corrected chi connectivity index (χ4v) is 1.53. The summed E-state index contributed by atoms with van der Waals surface area (Å²) in [5.41, 5.74) is 4.50. The van der Waals surface area contributed by atoms with Gasteiger partial charge >= 0.3 is 5.91 Å². The maximum Gasteiger partial charge on any atom is 0.307 e. The van der Waals surface area contributed by atoms with E-state index >= 15 is 0 Å². The van der Waals surface area contributed by atoms with Gasteiger partial charge in [0.05, 0.1) is 6.21 Å². The Kier molecular flexibility index (Phi) is 3.57. The Labute approximate surface area is 105 Å². The SMILES string of the molecule is Cc1cccc(C=NNC(=O)c2ccc(C)o2)c1. The van der Waals surface area contributed by atoms with Crippen molar-refractivity contribution < 1.29 is 9.21 Å². The lowest BCUT2D eigenvalue weighted by Gasteiger charge is -1.97. The molecular weight excluding hydrogens is 228 g/mol. The van der Waals surface area contributed by atoms with E-state index < -0.39 is 0 Å². The van der Waals surface area contributed by atoms with Crippen LogP contribution < -0.4 is 5.43 Å². The van der Waals surface area contributed by atoms with E-state index in [1.54, 1.807) is 25.3 Å². The van der Waals surface area contributed by atoms with Crippen LogP contribution in [0.1, 0.15) is 27.4 Å². The molecule has 0 saturated heterocycles. The number of hydrogen-bond donors (Lipinski definition) is 1. The van der Waals surface area contributed by atoms with Gasteiger partial charge in [0.25, 0.3) is 0 Å². The molecule has 1 aromatic heterocycles. The number of carbonyl (C=O) groups is 1. The first-order valence-electron chi connectivity index (χ1n) is 5.61. The molecular formula is C14H14N2O2. The second-order valence-electron chi connectivity index (χ2n) is 4.02. The predicted octanol–water partition coefficient (Wildman–Crippen LogP) is 2.66. The Morgan fingerprint density at radius 1 is 1.28 bits per heavy atom. The highest BCUT2D eigenvalue weighted by Crippen LogP contribution is 2.05. The molecule has 18 heavy (non-hydrogen) atoms. The Morgan fingerprint density at radius 3 is 2.78 bits per heavy atom. The number of amides is 1. The van der Waals surface area contributed by atoms with Crippen LogP contribution in [-0.4, -0.2) is 12.1 Å². The monoisotopic (exact) mass is 242 g/mol. The van der Waals surface area contributed by atoms with Crippen LogP contribution in [0.4, 0.5) is 0 Å². The predicted molar refractivity (Wildman–Crippen MR) is 69.7 cm³/mol. The molecule has 2 rings (SSSR count). The molecule has 4 heteroatoms. The van der Waals surface area contributed by atoms with E-state index in [-0.39, 0.29) is 11.7 Å². The van der Waals surface area contributed by atoms with Gasteiger partial charge in [-0.15, -0.1) is 0 Å². The van der Waals surface area contributed by atoms with E-state index in [2.05, 4.69) is 10.5 Å². The van der Waals surface area contributed by atoms with E-state index in [0.29, 0.717) is 5.76 Å². The van der Waals surface area contributed by atoms with Crippen LogP contribution in [0.3, 0.4) is 0 Å². The minimum absolute atomic E-state index is 0.258. The normalized spacial score (nSPS) is 10.8. The van der Waals surface area contributed by atoms with Gasteiger partial charge in [0.2, 0.25) is 0 Å². The smallest absolute Gasteiger partial charge is 0.307 e. The molecule has 0 unspecified atom stereocenters. The van der Waals surface area contributed by atoms with Crippen molar-refractivity contribution in [2.45, 2.75) is 13.8 Å². The molecule has 0 bridgehead atoms. The molecule has 0 atom stereocenters. The fraction of sp³-hybridized carbons (Fsp3) is 0.143. The van der Waals surface area contributed by atoms with E-state index in [9.17, 15) is 4.79 Å². The summed E-state index contributed by atoms with van der Waals surface area (Å²) in [5, 5.41) is 3.88. The quantitative estimate of drug-likeness (QED) is 0.664. The maximum atomic E-state index is 11.6. The van der Waals surface area contributed by atoms with Gasteiger partial charge in [0.1, 0.15) is 5.76 Å². The van der Waals surface area contributed by atoms with Gasteiger partial charge in [-0.05, 0) is 31.5 Å². The molecule has 1 amide bonds. The lowest BCUT2D eigenvalue weighted by Crippen LogP contribution is -2.16. The van der Waals surface area contributed by atoms with Crippen molar-refractivity contribution in [1.82, 2.24) is 5.43 Å². The third-order valence-electron chi connectivity index (χ3n) is 2.39. The first-order valence-corrected chi connectivity index (χ1v) is 5.61. The number of benzene rings is 1. The zero-order chi connectivity index (χ0) is 13.0. The molecule has 1 heterocycles. The van der Waals surface area contributed by atoms with Gasteiger partial charge in [-0.2, -0.15) is 5.10 Å². The van der Waals surface area contributed by atoms with Crippen LogP contribution in [0.2, 0.25) is 0 Å². The summed E-state index contributed by atoms with van der Waals surface area (Å²) in [4.78, 5) is 11.6. The van der Waals surface area contributed by atoms with Crippen molar-refractivity contribution in [3.8, 4) is 0 Å². The Morgan fingerprint density at radius 2 is 2.11 bits per heavy atom. The lowest BCUT2D eigenvalue weighted by atomic mass is 10.2. The van der Waals surface area contributed by atoms with Gasteiger partial charge in [-0.1, -0.05) is 29.8 Å². The molecule has 2 aromatic rings. The molecule has 0 aliphatic heterocycles. The molecule has 1 N–H and O–H groups in total. The van der Waals surface area contributed by atoms with Gasteiger partial charge in [0.15, 0.2) is 5.76 Å². The number of nitrogens with one attached hydrogen (secondary N) is 1. The van der Waals surface area contributed by atoms with Gasteiger partial charge in [0, 0.05) is 0 Å². The average molecular weight is 242 g/mol. The van der Waals surface area contributed by atoms with Gasteiger partial charge < -0.3 is 4.42 Å². The van der Waals surface area contributed by atoms with Crippen LogP contribution >= 0.6 is 0 Å². The number of aryl methyl sites for hydroxylation is 2. The van der Waals surface area contributed by atoms with Crippen LogP contribution in [0.5, 0.6) is 0 Å². The second-order valence-corrected chi connectivity index (χ2v) is 4.02. The highest BCUT2D eigenvalue weighted by molar-refractivity contribution is 5.92. The number of rotatable bonds is 3. The first kappa shape index (κ1) is 12.1. The molecule has 92 valence electrons. The summed E-state index contributed by atoms with van der Waals surface area (Å²) < 4.78 is 5.18. The van der Waals surface area contributed by atoms with Crippen LogP contribution in [-0.2, 0) is 0 Å². The fourth-order valence-electron chi connectivity index (χ4n) is 1.53. The van der Waals surface area contributed by atoms with Crippen molar-refractivity contribution >= 4 is 12.1 Å². The van der Waals surface area contributed by atoms with E-state index in [1.807, 2.05) is 31.2 Å². The van der Waals surface area contributed by atoms with Gasteiger partial charge in [-0.25, -0.2) is 5.43 Å². The van der Waals surface area contributed by atoms with Crippen molar-refractivity contribution in [2.75, 3.05) is 0 Å².